The molecule has 0 bridgehead atoms. The van der Waals surface area contributed by atoms with Crippen molar-refractivity contribution in [3.63, 3.8) is 0 Å². The molecule has 1 aliphatic carbocycles. The first-order valence-electron chi connectivity index (χ1n) is 11.8. The van der Waals surface area contributed by atoms with Gasteiger partial charge in [0.25, 0.3) is 0 Å². The molecule has 0 saturated carbocycles. The molecular formula is C28H30BrNO6. The molecule has 7 nitrogen and oxygen atoms in total. The Kier molecular flexibility index (Phi) is 7.45. The fourth-order valence-corrected chi connectivity index (χ4v) is 5.30. The number of nitrogens with one attached hydrogen (secondary N) is 1. The Balaban J connectivity index is 1.67. The summed E-state index contributed by atoms with van der Waals surface area (Å²) in [5.41, 5.74) is 2.78. The van der Waals surface area contributed by atoms with Crippen LogP contribution in [0.4, 0.5) is 0 Å². The lowest BCUT2D eigenvalue weighted by Crippen LogP contribution is -2.38. The standard InChI is InChI=1S/C28H30BrNO6/c1-16-23(27(33)36-11-10-35-18-8-6-5-7-9-18)24(17-12-19(29)26(32)22(13-17)34-4)25-20(30-16)14-28(2,3)15-21(25)31/h5-9,12-13,24,30,32H,10-11,14-15H2,1-4H3/t24-/m0/s1. The highest BCUT2D eigenvalue weighted by molar-refractivity contribution is 9.10. The lowest BCUT2D eigenvalue weighted by molar-refractivity contribution is -0.140. The first-order chi connectivity index (χ1) is 17.1. The molecule has 0 saturated heterocycles. The summed E-state index contributed by atoms with van der Waals surface area (Å²) in [5.74, 6) is -0.347. The van der Waals surface area contributed by atoms with Gasteiger partial charge in [-0.1, -0.05) is 32.0 Å². The number of esters is 1. The summed E-state index contributed by atoms with van der Waals surface area (Å²) in [5, 5.41) is 13.7. The molecule has 190 valence electrons. The van der Waals surface area contributed by atoms with Crippen molar-refractivity contribution in [2.45, 2.75) is 39.5 Å². The quantitative estimate of drug-likeness (QED) is 0.349. The van der Waals surface area contributed by atoms with Crippen LogP contribution in [-0.4, -0.2) is 37.2 Å². The second-order valence-electron chi connectivity index (χ2n) is 9.78. The number of phenolic OH excluding ortho intramolecular Hbond substituents is 1. The normalized spacial score (nSPS) is 18.9. The fraction of sp³-hybridized carbons (Fsp3) is 0.357. The summed E-state index contributed by atoms with van der Waals surface area (Å²) in [6.45, 7) is 6.17. The molecule has 2 aromatic carbocycles. The Morgan fingerprint density at radius 2 is 1.89 bits per heavy atom. The highest BCUT2D eigenvalue weighted by Crippen LogP contribution is 2.49. The molecule has 1 atom stereocenters. The van der Waals surface area contributed by atoms with E-state index in [1.54, 1.807) is 12.1 Å². The van der Waals surface area contributed by atoms with E-state index in [0.29, 0.717) is 45.5 Å². The summed E-state index contributed by atoms with van der Waals surface area (Å²) in [4.78, 5) is 26.9. The molecule has 2 N–H and O–H groups in total. The van der Waals surface area contributed by atoms with Gasteiger partial charge in [0.15, 0.2) is 17.3 Å². The second kappa shape index (κ2) is 10.4. The Morgan fingerprint density at radius 3 is 2.58 bits per heavy atom. The predicted molar refractivity (Wildman–Crippen MR) is 139 cm³/mol. The van der Waals surface area contributed by atoms with Crippen LogP contribution in [0.1, 0.15) is 45.1 Å². The van der Waals surface area contributed by atoms with E-state index in [0.717, 1.165) is 5.70 Å². The minimum absolute atomic E-state index is 0.0212. The van der Waals surface area contributed by atoms with Crippen LogP contribution in [0.25, 0.3) is 0 Å². The van der Waals surface area contributed by atoms with Gasteiger partial charge in [-0.3, -0.25) is 4.79 Å². The second-order valence-corrected chi connectivity index (χ2v) is 10.6. The van der Waals surface area contributed by atoms with Crippen molar-refractivity contribution in [3.8, 4) is 17.2 Å². The largest absolute Gasteiger partial charge is 0.503 e. The molecule has 8 heteroatoms. The Morgan fingerprint density at radius 1 is 1.17 bits per heavy atom. The van der Waals surface area contributed by atoms with E-state index >= 15 is 0 Å². The first-order valence-corrected chi connectivity index (χ1v) is 12.6. The number of hydrogen-bond donors (Lipinski definition) is 2. The van der Waals surface area contributed by atoms with Crippen LogP contribution in [0.15, 0.2) is 69.5 Å². The van der Waals surface area contributed by atoms with Crippen LogP contribution >= 0.6 is 15.9 Å². The Bertz CT molecular complexity index is 1250. The maximum atomic E-state index is 13.4. The maximum absolute atomic E-state index is 13.4. The van der Waals surface area contributed by atoms with Crippen LogP contribution in [-0.2, 0) is 14.3 Å². The topological polar surface area (TPSA) is 94.1 Å². The molecule has 1 aliphatic heterocycles. The number of hydrogen-bond acceptors (Lipinski definition) is 7. The number of Topliss-reactive ketones (excluding diaryl/α,β-unsaturated/α-hetero) is 1. The van der Waals surface area contributed by atoms with Crippen LogP contribution in [0.2, 0.25) is 0 Å². The van der Waals surface area contributed by atoms with Gasteiger partial charge in [0.05, 0.1) is 17.2 Å². The first kappa shape index (κ1) is 25.8. The van der Waals surface area contributed by atoms with Crippen molar-refractivity contribution in [2.75, 3.05) is 20.3 Å². The zero-order valence-corrected chi connectivity index (χ0v) is 22.4. The molecule has 36 heavy (non-hydrogen) atoms. The molecule has 0 aromatic heterocycles. The van der Waals surface area contributed by atoms with Crippen molar-refractivity contribution in [1.29, 1.82) is 0 Å². The highest BCUT2D eigenvalue weighted by Gasteiger charge is 2.43. The number of carbonyl (C=O) groups is 2. The highest BCUT2D eigenvalue weighted by atomic mass is 79.9. The number of carbonyl (C=O) groups excluding carboxylic acids is 2. The van der Waals surface area contributed by atoms with Crippen molar-refractivity contribution in [3.05, 3.63) is 75.0 Å². The third-order valence-electron chi connectivity index (χ3n) is 6.39. The zero-order valence-electron chi connectivity index (χ0n) is 20.8. The van der Waals surface area contributed by atoms with Crippen molar-refractivity contribution in [2.24, 2.45) is 5.41 Å². The third-order valence-corrected chi connectivity index (χ3v) is 7.00. The molecule has 0 unspecified atom stereocenters. The number of aromatic hydroxyl groups is 1. The number of phenols is 1. The van der Waals surface area contributed by atoms with Crippen LogP contribution in [0.3, 0.4) is 0 Å². The number of halogens is 1. The number of benzene rings is 2. The van der Waals surface area contributed by atoms with E-state index in [1.807, 2.05) is 37.3 Å². The van der Waals surface area contributed by atoms with Gasteiger partial charge in [0.2, 0.25) is 0 Å². The van der Waals surface area contributed by atoms with Crippen LogP contribution < -0.4 is 14.8 Å². The monoisotopic (exact) mass is 555 g/mol. The van der Waals surface area contributed by atoms with Crippen molar-refractivity contribution >= 4 is 27.7 Å². The molecule has 2 aromatic rings. The zero-order chi connectivity index (χ0) is 26.0. The number of ether oxygens (including phenoxy) is 3. The van der Waals surface area contributed by atoms with E-state index in [4.69, 9.17) is 14.2 Å². The smallest absolute Gasteiger partial charge is 0.336 e. The molecule has 1 heterocycles. The number of para-hydroxylation sites is 1. The number of ketones is 1. The van der Waals surface area contributed by atoms with Gasteiger partial charge in [0, 0.05) is 29.3 Å². The number of methoxy groups -OCH3 is 1. The summed E-state index contributed by atoms with van der Waals surface area (Å²) < 4.78 is 17.0. The molecule has 0 spiro atoms. The van der Waals surface area contributed by atoms with E-state index in [-0.39, 0.29) is 35.9 Å². The van der Waals surface area contributed by atoms with Gasteiger partial charge >= 0.3 is 5.97 Å². The van der Waals surface area contributed by atoms with Gasteiger partial charge in [-0.2, -0.15) is 0 Å². The average molecular weight is 556 g/mol. The summed E-state index contributed by atoms with van der Waals surface area (Å²) >= 11 is 3.38. The van der Waals surface area contributed by atoms with Crippen LogP contribution in [0, 0.1) is 5.41 Å². The van der Waals surface area contributed by atoms with Crippen LogP contribution in [0.5, 0.6) is 17.2 Å². The van der Waals surface area contributed by atoms with E-state index in [2.05, 4.69) is 35.1 Å². The number of allylic oxidation sites excluding steroid dienone is 3. The van der Waals surface area contributed by atoms with Gasteiger partial charge in [-0.05, 0) is 64.5 Å². The minimum atomic E-state index is -0.668. The molecule has 0 fully saturated rings. The number of dihydropyridines is 1. The van der Waals surface area contributed by atoms with E-state index in [1.165, 1.54) is 7.11 Å². The van der Waals surface area contributed by atoms with E-state index < -0.39 is 11.9 Å². The Labute approximate surface area is 219 Å². The summed E-state index contributed by atoms with van der Waals surface area (Å²) in [6, 6.07) is 12.7. The van der Waals surface area contributed by atoms with Gasteiger partial charge in [-0.15, -0.1) is 0 Å². The van der Waals surface area contributed by atoms with Gasteiger partial charge in [0.1, 0.15) is 19.0 Å². The molecule has 2 aliphatic rings. The number of rotatable bonds is 7. The van der Waals surface area contributed by atoms with Crippen molar-refractivity contribution in [1.82, 2.24) is 5.32 Å². The lowest BCUT2D eigenvalue weighted by Gasteiger charge is -2.39. The van der Waals surface area contributed by atoms with Crippen molar-refractivity contribution < 1.29 is 28.9 Å². The SMILES string of the molecule is COc1cc([C@H]2C(C(=O)OCCOc3ccccc3)=C(C)NC3=C2C(=O)CC(C)(C)C3)cc(Br)c1O. The minimum Gasteiger partial charge on any atom is -0.503 e. The molecule has 4 rings (SSSR count). The fourth-order valence-electron chi connectivity index (χ4n) is 4.84. The predicted octanol–water partition coefficient (Wildman–Crippen LogP) is 5.39. The molecular weight excluding hydrogens is 526 g/mol. The summed E-state index contributed by atoms with van der Waals surface area (Å²) in [7, 11) is 1.45. The van der Waals surface area contributed by atoms with Gasteiger partial charge in [-0.25, -0.2) is 4.79 Å². The molecule has 0 amide bonds. The lowest BCUT2D eigenvalue weighted by atomic mass is 9.68. The third kappa shape index (κ3) is 5.28. The van der Waals surface area contributed by atoms with E-state index in [9.17, 15) is 14.7 Å². The maximum Gasteiger partial charge on any atom is 0.336 e. The van der Waals surface area contributed by atoms with Gasteiger partial charge < -0.3 is 24.6 Å². The Hall–Kier alpha value is -3.26. The molecule has 0 radical (unpaired) electrons. The average Bonchev–Trinajstić information content (AvgIpc) is 2.82. The summed E-state index contributed by atoms with van der Waals surface area (Å²) in [6.07, 6.45) is 1.04.